The molecule has 0 radical (unpaired) electrons. The molecule has 1 N–H and O–H groups in total. The number of fused-ring (bicyclic) bond motifs is 2. The third-order valence-electron chi connectivity index (χ3n) is 5.04. The standard InChI is InChI=1S/C18H19ClFN3O2/c1-11-21-6-13-8-25-10-18(17(13)22-11)2-3-23(9-18)7-12-4-14(19)16(24)15(20)5-12/h4-6,24H,2-3,7-10H2,1H3. The lowest BCUT2D eigenvalue weighted by Gasteiger charge is -2.34. The largest absolute Gasteiger partial charge is 0.504 e. The molecule has 3 heterocycles. The molecule has 0 amide bonds. The maximum Gasteiger partial charge on any atom is 0.170 e. The molecule has 1 fully saturated rings. The van der Waals surface area contributed by atoms with Crippen molar-refractivity contribution in [3.8, 4) is 5.75 Å². The maximum absolute atomic E-state index is 13.7. The third kappa shape index (κ3) is 2.99. The molecule has 4 rings (SSSR count). The zero-order chi connectivity index (χ0) is 17.6. The van der Waals surface area contributed by atoms with Crippen LogP contribution >= 0.6 is 11.6 Å². The van der Waals surface area contributed by atoms with Gasteiger partial charge in [0.1, 0.15) is 5.82 Å². The van der Waals surface area contributed by atoms with E-state index >= 15 is 0 Å². The first-order valence-electron chi connectivity index (χ1n) is 8.27. The minimum atomic E-state index is -0.689. The van der Waals surface area contributed by atoms with E-state index in [0.717, 1.165) is 42.2 Å². The minimum Gasteiger partial charge on any atom is -0.504 e. The van der Waals surface area contributed by atoms with Gasteiger partial charge >= 0.3 is 0 Å². The SMILES string of the molecule is Cc1ncc2c(n1)C1(CCN(Cc3cc(F)c(O)c(Cl)c3)C1)COC2. The van der Waals surface area contributed by atoms with Crippen molar-refractivity contribution in [1.29, 1.82) is 0 Å². The van der Waals surface area contributed by atoms with Gasteiger partial charge in [0.15, 0.2) is 11.6 Å². The van der Waals surface area contributed by atoms with Crippen LogP contribution in [-0.2, 0) is 23.3 Å². The van der Waals surface area contributed by atoms with Crippen LogP contribution in [0.1, 0.15) is 29.1 Å². The summed E-state index contributed by atoms with van der Waals surface area (Å²) in [5.41, 5.74) is 2.75. The lowest BCUT2D eigenvalue weighted by atomic mass is 9.80. The van der Waals surface area contributed by atoms with Gasteiger partial charge in [-0.15, -0.1) is 0 Å². The lowest BCUT2D eigenvalue weighted by Crippen LogP contribution is -2.40. The van der Waals surface area contributed by atoms with E-state index in [4.69, 9.17) is 21.3 Å². The van der Waals surface area contributed by atoms with Gasteiger partial charge in [-0.25, -0.2) is 14.4 Å². The number of phenolic OH excluding ortho intramolecular Hbond substituents is 1. The highest BCUT2D eigenvalue weighted by Gasteiger charge is 2.44. The van der Waals surface area contributed by atoms with Crippen molar-refractivity contribution in [3.05, 3.63) is 51.8 Å². The predicted molar refractivity (Wildman–Crippen MR) is 91.1 cm³/mol. The second-order valence-corrected chi connectivity index (χ2v) is 7.34. The highest BCUT2D eigenvalue weighted by atomic mass is 35.5. The van der Waals surface area contributed by atoms with Gasteiger partial charge < -0.3 is 9.84 Å². The Bertz CT molecular complexity index is 809. The summed E-state index contributed by atoms with van der Waals surface area (Å²) >= 11 is 5.89. The van der Waals surface area contributed by atoms with Crippen LogP contribution < -0.4 is 0 Å². The van der Waals surface area contributed by atoms with Crippen LogP contribution in [0.2, 0.25) is 5.02 Å². The number of phenols is 1. The van der Waals surface area contributed by atoms with Crippen LogP contribution in [0.15, 0.2) is 18.3 Å². The highest BCUT2D eigenvalue weighted by Crippen LogP contribution is 2.39. The van der Waals surface area contributed by atoms with Crippen molar-refractivity contribution in [2.75, 3.05) is 19.7 Å². The molecule has 132 valence electrons. The molecule has 2 aliphatic heterocycles. The summed E-state index contributed by atoms with van der Waals surface area (Å²) in [4.78, 5) is 11.2. The molecule has 5 nitrogen and oxygen atoms in total. The summed E-state index contributed by atoms with van der Waals surface area (Å²) in [6, 6.07) is 2.95. The first-order chi connectivity index (χ1) is 12.0. The van der Waals surface area contributed by atoms with E-state index in [9.17, 15) is 9.50 Å². The van der Waals surface area contributed by atoms with Crippen LogP contribution in [-0.4, -0.2) is 39.7 Å². The zero-order valence-corrected chi connectivity index (χ0v) is 14.7. The topological polar surface area (TPSA) is 58.5 Å². The van der Waals surface area contributed by atoms with E-state index in [1.165, 1.54) is 6.07 Å². The fourth-order valence-electron chi connectivity index (χ4n) is 3.86. The summed E-state index contributed by atoms with van der Waals surface area (Å²) in [5, 5.41) is 9.51. The molecular formula is C18H19ClFN3O2. The molecule has 2 aromatic rings. The third-order valence-corrected chi connectivity index (χ3v) is 5.33. The Morgan fingerprint density at radius 3 is 3.08 bits per heavy atom. The van der Waals surface area contributed by atoms with Gasteiger partial charge in [-0.1, -0.05) is 11.6 Å². The van der Waals surface area contributed by atoms with Crippen molar-refractivity contribution in [2.24, 2.45) is 0 Å². The number of benzene rings is 1. The lowest BCUT2D eigenvalue weighted by molar-refractivity contribution is 0.0500. The Kier molecular flexibility index (Phi) is 4.14. The van der Waals surface area contributed by atoms with Gasteiger partial charge in [-0.2, -0.15) is 0 Å². The number of likely N-dealkylation sites (tertiary alicyclic amines) is 1. The van der Waals surface area contributed by atoms with Crippen molar-refractivity contribution in [1.82, 2.24) is 14.9 Å². The Hall–Kier alpha value is -1.76. The molecule has 1 spiro atoms. The molecule has 1 atom stereocenters. The minimum absolute atomic E-state index is 0.0404. The van der Waals surface area contributed by atoms with Gasteiger partial charge in [-0.05, 0) is 37.6 Å². The molecule has 1 saturated heterocycles. The van der Waals surface area contributed by atoms with E-state index in [1.807, 2.05) is 13.1 Å². The molecule has 1 unspecified atom stereocenters. The van der Waals surface area contributed by atoms with Crippen molar-refractivity contribution in [3.63, 3.8) is 0 Å². The highest BCUT2D eigenvalue weighted by molar-refractivity contribution is 6.32. The molecule has 0 bridgehead atoms. The quantitative estimate of drug-likeness (QED) is 0.889. The number of ether oxygens (including phenoxy) is 1. The average Bonchev–Trinajstić information content (AvgIpc) is 2.97. The van der Waals surface area contributed by atoms with Crippen LogP contribution in [0.3, 0.4) is 0 Å². The first-order valence-corrected chi connectivity index (χ1v) is 8.65. The molecular weight excluding hydrogens is 345 g/mol. The number of hydrogen-bond donors (Lipinski definition) is 1. The van der Waals surface area contributed by atoms with E-state index < -0.39 is 11.6 Å². The Balaban J connectivity index is 1.57. The Labute approximate surface area is 150 Å². The summed E-state index contributed by atoms with van der Waals surface area (Å²) in [7, 11) is 0. The smallest absolute Gasteiger partial charge is 0.170 e. The summed E-state index contributed by atoms with van der Waals surface area (Å²) in [6.07, 6.45) is 2.79. The molecule has 1 aromatic carbocycles. The number of aromatic nitrogens is 2. The first kappa shape index (κ1) is 16.7. The molecule has 25 heavy (non-hydrogen) atoms. The normalized spacial score (nSPS) is 23.2. The van der Waals surface area contributed by atoms with E-state index in [2.05, 4.69) is 9.88 Å². The molecule has 0 saturated carbocycles. The second-order valence-electron chi connectivity index (χ2n) is 6.93. The number of rotatable bonds is 2. The van der Waals surface area contributed by atoms with Crippen LogP contribution in [0.5, 0.6) is 5.75 Å². The molecule has 7 heteroatoms. The number of nitrogens with zero attached hydrogens (tertiary/aromatic N) is 3. The number of halogens is 2. The number of hydrogen-bond acceptors (Lipinski definition) is 5. The predicted octanol–water partition coefficient (Wildman–Crippen LogP) is 2.96. The van der Waals surface area contributed by atoms with Crippen LogP contribution in [0.25, 0.3) is 0 Å². The van der Waals surface area contributed by atoms with E-state index in [0.29, 0.717) is 19.8 Å². The van der Waals surface area contributed by atoms with Gasteiger partial charge in [0.2, 0.25) is 0 Å². The summed E-state index contributed by atoms with van der Waals surface area (Å²) in [6.45, 7) is 5.31. The summed E-state index contributed by atoms with van der Waals surface area (Å²) in [5.74, 6) is -0.415. The second kappa shape index (κ2) is 6.20. The van der Waals surface area contributed by atoms with Crippen molar-refractivity contribution in [2.45, 2.75) is 31.9 Å². The molecule has 2 aliphatic rings. The fourth-order valence-corrected chi connectivity index (χ4v) is 4.09. The zero-order valence-electron chi connectivity index (χ0n) is 13.9. The number of aromatic hydroxyl groups is 1. The van der Waals surface area contributed by atoms with E-state index in [-0.39, 0.29) is 10.4 Å². The van der Waals surface area contributed by atoms with Crippen LogP contribution in [0, 0.1) is 12.7 Å². The van der Waals surface area contributed by atoms with Gasteiger partial charge in [0, 0.05) is 24.8 Å². The van der Waals surface area contributed by atoms with Gasteiger partial charge in [-0.3, -0.25) is 4.90 Å². The van der Waals surface area contributed by atoms with Crippen LogP contribution in [0.4, 0.5) is 4.39 Å². The van der Waals surface area contributed by atoms with Crippen molar-refractivity contribution < 1.29 is 14.2 Å². The molecule has 1 aromatic heterocycles. The number of aryl methyl sites for hydroxylation is 1. The van der Waals surface area contributed by atoms with E-state index in [1.54, 1.807) is 6.07 Å². The van der Waals surface area contributed by atoms with Crippen molar-refractivity contribution >= 4 is 11.6 Å². The van der Waals surface area contributed by atoms with Gasteiger partial charge in [0.05, 0.1) is 29.3 Å². The molecule has 0 aliphatic carbocycles. The van der Waals surface area contributed by atoms with Gasteiger partial charge in [0.25, 0.3) is 0 Å². The Morgan fingerprint density at radius 1 is 1.44 bits per heavy atom. The Morgan fingerprint density at radius 2 is 2.28 bits per heavy atom. The summed E-state index contributed by atoms with van der Waals surface area (Å²) < 4.78 is 19.5. The average molecular weight is 364 g/mol. The monoisotopic (exact) mass is 363 g/mol. The maximum atomic E-state index is 13.7. The fraction of sp³-hybridized carbons (Fsp3) is 0.444.